The van der Waals surface area contributed by atoms with Crippen LogP contribution in [0.3, 0.4) is 0 Å². The van der Waals surface area contributed by atoms with E-state index in [9.17, 15) is 0 Å². The first-order chi connectivity index (χ1) is 11.8. The molecule has 1 heterocycles. The van der Waals surface area contributed by atoms with Gasteiger partial charge >= 0.3 is 0 Å². The van der Waals surface area contributed by atoms with Gasteiger partial charge in [0.25, 0.3) is 0 Å². The summed E-state index contributed by atoms with van der Waals surface area (Å²) in [4.78, 5) is 0. The molecule has 114 valence electrons. The Morgan fingerprint density at radius 3 is 2.33 bits per heavy atom. The topological polar surface area (TPSA) is 0 Å². The highest BCUT2D eigenvalue weighted by Gasteiger charge is 2.09. The highest BCUT2D eigenvalue weighted by atomic mass is 79.9. The Bertz CT molecular complexity index is 1220. The van der Waals surface area contributed by atoms with Crippen LogP contribution in [0.15, 0.2) is 83.3 Å². The molecule has 0 amide bonds. The van der Waals surface area contributed by atoms with E-state index in [0.717, 1.165) is 0 Å². The summed E-state index contributed by atoms with van der Waals surface area (Å²) in [7, 11) is 0. The van der Waals surface area contributed by atoms with Gasteiger partial charge in [0, 0.05) is 24.6 Å². The molecule has 5 aromatic rings. The van der Waals surface area contributed by atoms with E-state index in [-0.39, 0.29) is 0 Å². The minimum Gasteiger partial charge on any atom is -0.135 e. The van der Waals surface area contributed by atoms with Gasteiger partial charge < -0.3 is 0 Å². The van der Waals surface area contributed by atoms with Gasteiger partial charge in [-0.3, -0.25) is 0 Å². The first kappa shape index (κ1) is 14.2. The minimum atomic E-state index is 1.17. The Kier molecular flexibility index (Phi) is 3.22. The highest BCUT2D eigenvalue weighted by Crippen LogP contribution is 2.40. The summed E-state index contributed by atoms with van der Waals surface area (Å²) in [6, 6.07) is 28.4. The van der Waals surface area contributed by atoms with E-state index in [1.54, 1.807) is 0 Å². The van der Waals surface area contributed by atoms with Crippen LogP contribution in [0.5, 0.6) is 0 Å². The average Bonchev–Trinajstić information content (AvgIpc) is 3.00. The average molecular weight is 389 g/mol. The summed E-state index contributed by atoms with van der Waals surface area (Å²) in [5.41, 5.74) is 2.53. The van der Waals surface area contributed by atoms with Crippen molar-refractivity contribution >= 4 is 58.2 Å². The fraction of sp³-hybridized carbons (Fsp3) is 0. The molecular weight excluding hydrogens is 376 g/mol. The van der Waals surface area contributed by atoms with Crippen molar-refractivity contribution in [3.05, 3.63) is 83.3 Å². The molecule has 0 atom stereocenters. The van der Waals surface area contributed by atoms with Crippen molar-refractivity contribution in [3.8, 4) is 11.1 Å². The molecule has 5 rings (SSSR count). The van der Waals surface area contributed by atoms with E-state index in [0.29, 0.717) is 0 Å². The third kappa shape index (κ3) is 2.18. The molecule has 0 nitrogen and oxygen atoms in total. The van der Waals surface area contributed by atoms with Crippen molar-refractivity contribution in [3.63, 3.8) is 0 Å². The standard InChI is InChI=1S/C22H13BrS/c23-19-6-3-7-21-22(19)18-13-17(10-11-20(18)24-21)16-9-8-14-4-1-2-5-15(14)12-16/h1-13H. The Morgan fingerprint density at radius 2 is 1.42 bits per heavy atom. The second-order valence-corrected chi connectivity index (χ2v) is 7.93. The van der Waals surface area contributed by atoms with Gasteiger partial charge in [-0.05, 0) is 52.2 Å². The number of benzene rings is 4. The molecule has 0 saturated carbocycles. The lowest BCUT2D eigenvalue weighted by atomic mass is 10.00. The third-order valence-corrected chi connectivity index (χ3v) is 6.32. The number of hydrogen-bond donors (Lipinski definition) is 0. The van der Waals surface area contributed by atoms with Gasteiger partial charge in [-0.2, -0.15) is 0 Å². The smallest absolute Gasteiger partial charge is 0.0366 e. The van der Waals surface area contributed by atoms with Crippen LogP contribution in [0.1, 0.15) is 0 Å². The number of halogens is 1. The quantitative estimate of drug-likeness (QED) is 0.276. The zero-order chi connectivity index (χ0) is 16.1. The number of fused-ring (bicyclic) bond motifs is 4. The van der Waals surface area contributed by atoms with Crippen LogP contribution in [0, 0.1) is 0 Å². The van der Waals surface area contributed by atoms with Gasteiger partial charge in [0.2, 0.25) is 0 Å². The van der Waals surface area contributed by atoms with Gasteiger partial charge in [-0.1, -0.05) is 64.5 Å². The first-order valence-electron chi connectivity index (χ1n) is 7.89. The summed E-state index contributed by atoms with van der Waals surface area (Å²) in [6.45, 7) is 0. The normalized spacial score (nSPS) is 11.5. The SMILES string of the molecule is Brc1cccc2sc3ccc(-c4ccc5ccccc5c4)cc3c12. The molecule has 24 heavy (non-hydrogen) atoms. The van der Waals surface area contributed by atoms with Gasteiger partial charge in [-0.15, -0.1) is 11.3 Å². The fourth-order valence-corrected chi connectivity index (χ4v) is 5.16. The fourth-order valence-electron chi connectivity index (χ4n) is 3.33. The predicted molar refractivity (Wildman–Crippen MR) is 110 cm³/mol. The zero-order valence-electron chi connectivity index (χ0n) is 12.8. The van der Waals surface area contributed by atoms with E-state index in [1.165, 1.54) is 46.5 Å². The Morgan fingerprint density at radius 1 is 0.625 bits per heavy atom. The van der Waals surface area contributed by atoms with E-state index >= 15 is 0 Å². The summed E-state index contributed by atoms with van der Waals surface area (Å²) >= 11 is 5.57. The minimum absolute atomic E-state index is 1.17. The van der Waals surface area contributed by atoms with Crippen LogP contribution >= 0.6 is 27.3 Å². The molecule has 2 heteroatoms. The number of rotatable bonds is 1. The van der Waals surface area contributed by atoms with E-state index < -0.39 is 0 Å². The van der Waals surface area contributed by atoms with E-state index in [1.807, 2.05) is 11.3 Å². The molecule has 1 aromatic heterocycles. The maximum atomic E-state index is 3.72. The van der Waals surface area contributed by atoms with Crippen LogP contribution in [0.25, 0.3) is 42.1 Å². The molecule has 4 aromatic carbocycles. The molecule has 0 aliphatic carbocycles. The molecular formula is C22H13BrS. The van der Waals surface area contributed by atoms with E-state index in [4.69, 9.17) is 0 Å². The Hall–Kier alpha value is -2.16. The van der Waals surface area contributed by atoms with E-state index in [2.05, 4.69) is 94.8 Å². The van der Waals surface area contributed by atoms with Gasteiger partial charge in [0.1, 0.15) is 0 Å². The van der Waals surface area contributed by atoms with Crippen LogP contribution in [-0.4, -0.2) is 0 Å². The monoisotopic (exact) mass is 388 g/mol. The van der Waals surface area contributed by atoms with Crippen LogP contribution < -0.4 is 0 Å². The second kappa shape index (κ2) is 5.44. The predicted octanol–water partition coefficient (Wildman–Crippen LogP) is 7.64. The molecule has 0 fully saturated rings. The molecule has 0 saturated heterocycles. The van der Waals surface area contributed by atoms with Crippen molar-refractivity contribution in [2.75, 3.05) is 0 Å². The Balaban J connectivity index is 1.77. The van der Waals surface area contributed by atoms with Crippen LogP contribution in [0.4, 0.5) is 0 Å². The molecule has 0 aliphatic heterocycles. The van der Waals surface area contributed by atoms with Crippen molar-refractivity contribution in [2.45, 2.75) is 0 Å². The molecule has 0 radical (unpaired) electrons. The molecule has 0 N–H and O–H groups in total. The summed E-state index contributed by atoms with van der Waals surface area (Å²) in [6.07, 6.45) is 0. The van der Waals surface area contributed by atoms with Crippen molar-refractivity contribution < 1.29 is 0 Å². The van der Waals surface area contributed by atoms with Crippen molar-refractivity contribution in [1.29, 1.82) is 0 Å². The molecule has 0 spiro atoms. The Labute approximate surface area is 152 Å². The van der Waals surface area contributed by atoms with Crippen molar-refractivity contribution in [1.82, 2.24) is 0 Å². The first-order valence-corrected chi connectivity index (χ1v) is 9.50. The van der Waals surface area contributed by atoms with Gasteiger partial charge in [-0.25, -0.2) is 0 Å². The maximum Gasteiger partial charge on any atom is 0.0366 e. The summed E-state index contributed by atoms with van der Waals surface area (Å²) in [5, 5.41) is 5.21. The van der Waals surface area contributed by atoms with Crippen molar-refractivity contribution in [2.24, 2.45) is 0 Å². The number of hydrogen-bond acceptors (Lipinski definition) is 1. The van der Waals surface area contributed by atoms with Gasteiger partial charge in [0.15, 0.2) is 0 Å². The summed E-state index contributed by atoms with van der Waals surface area (Å²) < 4.78 is 3.83. The molecule has 0 unspecified atom stereocenters. The molecule has 0 bridgehead atoms. The summed E-state index contributed by atoms with van der Waals surface area (Å²) in [5.74, 6) is 0. The van der Waals surface area contributed by atoms with Crippen LogP contribution in [0.2, 0.25) is 0 Å². The maximum absolute atomic E-state index is 3.72. The lowest BCUT2D eigenvalue weighted by Crippen LogP contribution is -1.79. The second-order valence-electron chi connectivity index (χ2n) is 5.99. The molecule has 0 aliphatic rings. The highest BCUT2D eigenvalue weighted by molar-refractivity contribution is 9.10. The van der Waals surface area contributed by atoms with Gasteiger partial charge in [0.05, 0.1) is 0 Å². The largest absolute Gasteiger partial charge is 0.135 e. The zero-order valence-corrected chi connectivity index (χ0v) is 15.2. The third-order valence-electron chi connectivity index (χ3n) is 4.53. The lowest BCUT2D eigenvalue weighted by molar-refractivity contribution is 1.69. The number of thiophene rings is 1. The van der Waals surface area contributed by atoms with Crippen LogP contribution in [-0.2, 0) is 0 Å². The lowest BCUT2D eigenvalue weighted by Gasteiger charge is -2.05.